The first-order valence-corrected chi connectivity index (χ1v) is 16.6. The van der Waals surface area contributed by atoms with Gasteiger partial charge in [0.05, 0.1) is 0 Å². The molecule has 1 aliphatic rings. The smallest absolute Gasteiger partial charge is 0.197 e. The molecule has 0 atom stereocenters. The minimum absolute atomic E-state index is 0.304. The molecule has 161 valence electrons. The molecule has 5 heteroatoms. The summed E-state index contributed by atoms with van der Waals surface area (Å²) in [5.74, 6) is 0. The van der Waals surface area contributed by atoms with Crippen LogP contribution in [0.2, 0.25) is 31.2 Å². The van der Waals surface area contributed by atoms with Crippen molar-refractivity contribution in [2.75, 3.05) is 0 Å². The second-order valence-corrected chi connectivity index (χ2v) is 29.4. The third-order valence-electron chi connectivity index (χ3n) is 6.66. The Labute approximate surface area is 176 Å². The number of hydrogen-bond donors (Lipinski definition) is 1. The number of rotatable bonds is 3. The quantitative estimate of drug-likeness (QED) is 0.462. The lowest BCUT2D eigenvalue weighted by atomic mass is 10.2. The van der Waals surface area contributed by atoms with Gasteiger partial charge in [0.1, 0.15) is 8.96 Å². The predicted molar refractivity (Wildman–Crippen MR) is 131 cm³/mol. The van der Waals surface area contributed by atoms with Crippen LogP contribution in [0.3, 0.4) is 0 Å². The minimum atomic E-state index is -1.93. The lowest BCUT2D eigenvalue weighted by Gasteiger charge is -2.79. The molecule has 1 radical (unpaired) electrons. The maximum Gasteiger partial charge on any atom is 0.197 e. The van der Waals surface area contributed by atoms with Crippen LogP contribution < -0.4 is 4.65 Å². The number of nitrogens with zero attached hydrogens (tertiary/aromatic N) is 1. The highest BCUT2D eigenvalue weighted by Crippen LogP contribution is 2.64. The van der Waals surface area contributed by atoms with Crippen LogP contribution >= 0.6 is 0 Å². The summed E-state index contributed by atoms with van der Waals surface area (Å²) in [6, 6.07) is 0. The molecule has 1 N–H and O–H groups in total. The van der Waals surface area contributed by atoms with Gasteiger partial charge in [-0.15, -0.1) is 0 Å². The molecular formula is C22H51N2Si3. The second kappa shape index (κ2) is 7.07. The fourth-order valence-corrected chi connectivity index (χ4v) is 41.3. The summed E-state index contributed by atoms with van der Waals surface area (Å²) in [5.41, 5.74) is 1.46. The first-order chi connectivity index (χ1) is 11.6. The van der Waals surface area contributed by atoms with Crippen LogP contribution in [0.15, 0.2) is 0 Å². The second-order valence-electron chi connectivity index (χ2n) is 13.7. The summed E-state index contributed by atoms with van der Waals surface area (Å²) < 4.78 is 7.94. The summed E-state index contributed by atoms with van der Waals surface area (Å²) in [6.07, 6.45) is 0. The topological polar surface area (TPSA) is 15.3 Å². The fourth-order valence-electron chi connectivity index (χ4n) is 6.42. The molecule has 1 heterocycles. The molecule has 1 aliphatic heterocycles. The molecular weight excluding hydrogens is 377 g/mol. The van der Waals surface area contributed by atoms with Crippen molar-refractivity contribution in [2.45, 2.75) is 142 Å². The van der Waals surface area contributed by atoms with Gasteiger partial charge in [0.2, 0.25) is 0 Å². The first kappa shape index (κ1) is 25.6. The van der Waals surface area contributed by atoms with Crippen molar-refractivity contribution in [2.24, 2.45) is 0 Å². The normalized spacial score (nSPS) is 21.9. The maximum atomic E-state index is 4.59. The Morgan fingerprint density at radius 3 is 1.11 bits per heavy atom. The van der Waals surface area contributed by atoms with Crippen LogP contribution in [0.25, 0.3) is 0 Å². The van der Waals surface area contributed by atoms with Crippen molar-refractivity contribution in [1.29, 1.82) is 0 Å². The van der Waals surface area contributed by atoms with Crippen LogP contribution in [-0.2, 0) is 0 Å². The third kappa shape index (κ3) is 3.85. The zero-order valence-corrected chi connectivity index (χ0v) is 24.6. The summed E-state index contributed by atoms with van der Waals surface area (Å²) in [7, 11) is -4.49. The molecule has 1 saturated heterocycles. The maximum absolute atomic E-state index is 4.59. The Morgan fingerprint density at radius 1 is 0.630 bits per heavy atom. The van der Waals surface area contributed by atoms with Gasteiger partial charge in [-0.25, -0.2) is 0 Å². The molecule has 0 aliphatic carbocycles. The predicted octanol–water partition coefficient (Wildman–Crippen LogP) is 7.79. The molecule has 1 fully saturated rings. The van der Waals surface area contributed by atoms with E-state index in [1.54, 1.807) is 0 Å². The van der Waals surface area contributed by atoms with E-state index < -0.39 is 25.8 Å². The molecule has 2 nitrogen and oxygen atoms in total. The SMILES string of the molecule is CC(C)[Si]1(C(C)C)N[Si](C(C)(C)C)(C(C)(C)C)N1[Si](C(C)(C)C)C(C)(C)C. The van der Waals surface area contributed by atoms with E-state index in [4.69, 9.17) is 0 Å². The van der Waals surface area contributed by atoms with Gasteiger partial charge in [0.25, 0.3) is 0 Å². The van der Waals surface area contributed by atoms with E-state index >= 15 is 0 Å². The molecule has 0 spiro atoms. The van der Waals surface area contributed by atoms with Crippen molar-refractivity contribution in [3.63, 3.8) is 0 Å². The van der Waals surface area contributed by atoms with Gasteiger partial charge in [-0.05, 0) is 31.2 Å². The number of hydrogen-bond acceptors (Lipinski definition) is 2. The van der Waals surface area contributed by atoms with Crippen LogP contribution in [0.1, 0.15) is 111 Å². The zero-order valence-electron chi connectivity index (χ0n) is 21.6. The molecule has 0 amide bonds. The van der Waals surface area contributed by atoms with Gasteiger partial charge >= 0.3 is 0 Å². The summed E-state index contributed by atoms with van der Waals surface area (Å²) in [5, 5.41) is 1.31. The fraction of sp³-hybridized carbons (Fsp3) is 1.00. The van der Waals surface area contributed by atoms with Gasteiger partial charge in [0, 0.05) is 0 Å². The van der Waals surface area contributed by atoms with Gasteiger partial charge < -0.3 is 8.54 Å². The van der Waals surface area contributed by atoms with Gasteiger partial charge in [-0.3, -0.25) is 0 Å². The van der Waals surface area contributed by atoms with E-state index in [2.05, 4.69) is 119 Å². The van der Waals surface area contributed by atoms with Crippen LogP contribution in [0.5, 0.6) is 0 Å². The Hall–Kier alpha value is 0.571. The van der Waals surface area contributed by atoms with E-state index in [-0.39, 0.29) is 0 Å². The summed E-state index contributed by atoms with van der Waals surface area (Å²) in [6.45, 7) is 40.3. The zero-order chi connectivity index (χ0) is 22.0. The van der Waals surface area contributed by atoms with Crippen LogP contribution in [-0.4, -0.2) is 29.6 Å². The van der Waals surface area contributed by atoms with Crippen molar-refractivity contribution in [3.8, 4) is 0 Å². The summed E-state index contributed by atoms with van der Waals surface area (Å²) >= 11 is 0. The molecule has 0 aromatic rings. The standard InChI is InChI=1S/C22H51N2Si3/c1-17(2)26(18(3)4)23-27(21(11,12)13,22(14,15)16)24(26)25(19(5,6)7)20(8,9)10/h17-18,23H,1-16H3. The Morgan fingerprint density at radius 2 is 0.926 bits per heavy atom. The average molecular weight is 428 g/mol. The van der Waals surface area contributed by atoms with Crippen molar-refractivity contribution in [3.05, 3.63) is 0 Å². The van der Waals surface area contributed by atoms with Crippen LogP contribution in [0.4, 0.5) is 0 Å². The highest BCUT2D eigenvalue weighted by Gasteiger charge is 2.77. The monoisotopic (exact) mass is 427 g/mol. The molecule has 0 aromatic heterocycles. The van der Waals surface area contributed by atoms with E-state index in [1.807, 2.05) is 0 Å². The Balaban J connectivity index is 3.96. The Bertz CT molecular complexity index is 492. The lowest BCUT2D eigenvalue weighted by Crippen LogP contribution is -3.01. The molecule has 27 heavy (non-hydrogen) atoms. The van der Waals surface area contributed by atoms with E-state index in [0.29, 0.717) is 20.2 Å². The average Bonchev–Trinajstić information content (AvgIpc) is 2.27. The van der Waals surface area contributed by atoms with Gasteiger partial charge in [-0.1, -0.05) is 111 Å². The third-order valence-corrected chi connectivity index (χ3v) is 27.8. The highest BCUT2D eigenvalue weighted by atomic mass is 28.5. The highest BCUT2D eigenvalue weighted by molar-refractivity contribution is 7.15. The van der Waals surface area contributed by atoms with E-state index in [9.17, 15) is 0 Å². The van der Waals surface area contributed by atoms with Crippen molar-refractivity contribution < 1.29 is 0 Å². The first-order valence-electron chi connectivity index (χ1n) is 11.1. The van der Waals surface area contributed by atoms with Gasteiger partial charge in [0.15, 0.2) is 16.8 Å². The molecule has 0 bridgehead atoms. The van der Waals surface area contributed by atoms with Crippen molar-refractivity contribution >= 4 is 25.8 Å². The molecule has 0 unspecified atom stereocenters. The van der Waals surface area contributed by atoms with Gasteiger partial charge in [-0.2, -0.15) is 0 Å². The number of nitrogens with one attached hydrogen (secondary N) is 1. The molecule has 1 rings (SSSR count). The van der Waals surface area contributed by atoms with E-state index in [0.717, 1.165) is 11.1 Å². The van der Waals surface area contributed by atoms with Crippen LogP contribution in [0, 0.1) is 0 Å². The summed E-state index contributed by atoms with van der Waals surface area (Å²) in [4.78, 5) is 0. The largest absolute Gasteiger partial charge is 0.343 e. The molecule has 0 saturated carbocycles. The lowest BCUT2D eigenvalue weighted by molar-refractivity contribution is 0.457. The van der Waals surface area contributed by atoms with Crippen molar-refractivity contribution in [1.82, 2.24) is 8.54 Å². The minimum Gasteiger partial charge on any atom is -0.343 e. The Kier molecular flexibility index (Phi) is 6.71. The molecule has 0 aromatic carbocycles. The van der Waals surface area contributed by atoms with E-state index in [1.165, 1.54) is 0 Å².